The van der Waals surface area contributed by atoms with E-state index in [-0.39, 0.29) is 0 Å². The highest BCUT2D eigenvalue weighted by Crippen LogP contribution is 2.35. The van der Waals surface area contributed by atoms with Crippen LogP contribution in [0.2, 0.25) is 0 Å². The van der Waals surface area contributed by atoms with E-state index in [0.717, 1.165) is 35.5 Å². The number of thiazole rings is 1. The molecule has 1 aromatic heterocycles. The van der Waals surface area contributed by atoms with Crippen molar-refractivity contribution < 1.29 is 0 Å². The summed E-state index contributed by atoms with van der Waals surface area (Å²) < 4.78 is 1.13. The van der Waals surface area contributed by atoms with E-state index in [1.807, 2.05) is 17.4 Å². The van der Waals surface area contributed by atoms with Gasteiger partial charge in [0.15, 0.2) is 0 Å². The molecule has 0 atom stereocenters. The predicted octanol–water partition coefficient (Wildman–Crippen LogP) is 3.95. The Morgan fingerprint density at radius 3 is 3.00 bits per heavy atom. The van der Waals surface area contributed by atoms with Crippen LogP contribution in [0.5, 0.6) is 0 Å². The number of nitrogens with zero attached hydrogens (tertiary/aromatic N) is 2. The van der Waals surface area contributed by atoms with Crippen molar-refractivity contribution in [2.45, 2.75) is 19.9 Å². The van der Waals surface area contributed by atoms with Gasteiger partial charge in [-0.1, -0.05) is 41.1 Å². The standard InChI is InChI=1S/C14H15BrN2S/c1-2-17-8-7-12-13(9-17)18-14(16-12)10-5-3-4-6-11(10)15/h3-6H,2,7-9H2,1H3. The third-order valence-electron chi connectivity index (χ3n) is 3.36. The summed E-state index contributed by atoms with van der Waals surface area (Å²) in [4.78, 5) is 8.73. The minimum Gasteiger partial charge on any atom is -0.298 e. The molecule has 0 unspecified atom stereocenters. The van der Waals surface area contributed by atoms with E-state index < -0.39 is 0 Å². The van der Waals surface area contributed by atoms with E-state index >= 15 is 0 Å². The molecule has 94 valence electrons. The largest absolute Gasteiger partial charge is 0.298 e. The van der Waals surface area contributed by atoms with Gasteiger partial charge in [-0.05, 0) is 12.6 Å². The van der Waals surface area contributed by atoms with Crippen LogP contribution >= 0.6 is 27.3 Å². The zero-order valence-electron chi connectivity index (χ0n) is 10.3. The van der Waals surface area contributed by atoms with Crippen molar-refractivity contribution in [1.82, 2.24) is 9.88 Å². The summed E-state index contributed by atoms with van der Waals surface area (Å²) in [6.07, 6.45) is 1.09. The Hall–Kier alpha value is -0.710. The van der Waals surface area contributed by atoms with Crippen LogP contribution in [0.1, 0.15) is 17.5 Å². The molecular weight excluding hydrogens is 308 g/mol. The van der Waals surface area contributed by atoms with E-state index in [4.69, 9.17) is 4.98 Å². The van der Waals surface area contributed by atoms with Gasteiger partial charge < -0.3 is 0 Å². The van der Waals surface area contributed by atoms with Crippen LogP contribution in [-0.2, 0) is 13.0 Å². The molecular formula is C14H15BrN2S. The fourth-order valence-electron chi connectivity index (χ4n) is 2.27. The molecule has 1 aliphatic rings. The van der Waals surface area contributed by atoms with E-state index in [1.54, 1.807) is 0 Å². The molecule has 1 aliphatic heterocycles. The van der Waals surface area contributed by atoms with Crippen LogP contribution in [0.15, 0.2) is 28.7 Å². The van der Waals surface area contributed by atoms with Crippen LogP contribution < -0.4 is 0 Å². The van der Waals surface area contributed by atoms with Gasteiger partial charge in [-0.3, -0.25) is 4.90 Å². The highest BCUT2D eigenvalue weighted by atomic mass is 79.9. The molecule has 2 nitrogen and oxygen atoms in total. The first-order chi connectivity index (χ1) is 8.78. The lowest BCUT2D eigenvalue weighted by Gasteiger charge is -2.23. The van der Waals surface area contributed by atoms with Gasteiger partial charge in [0.25, 0.3) is 0 Å². The van der Waals surface area contributed by atoms with Crippen LogP contribution in [0.25, 0.3) is 10.6 Å². The number of likely N-dealkylation sites (N-methyl/N-ethyl adjacent to an activating group) is 1. The van der Waals surface area contributed by atoms with Crippen molar-refractivity contribution in [2.75, 3.05) is 13.1 Å². The van der Waals surface area contributed by atoms with Crippen LogP contribution in [0.3, 0.4) is 0 Å². The number of benzene rings is 1. The lowest BCUT2D eigenvalue weighted by atomic mass is 10.2. The number of rotatable bonds is 2. The number of hydrogen-bond donors (Lipinski definition) is 0. The molecule has 0 saturated heterocycles. The van der Waals surface area contributed by atoms with Crippen molar-refractivity contribution in [3.63, 3.8) is 0 Å². The monoisotopic (exact) mass is 322 g/mol. The number of halogens is 1. The molecule has 1 aromatic carbocycles. The molecule has 0 saturated carbocycles. The first kappa shape index (κ1) is 12.3. The van der Waals surface area contributed by atoms with Gasteiger partial charge in [0.1, 0.15) is 5.01 Å². The summed E-state index contributed by atoms with van der Waals surface area (Å²) >= 11 is 5.45. The minimum atomic E-state index is 1.06. The molecule has 0 radical (unpaired) electrons. The molecule has 0 spiro atoms. The van der Waals surface area contributed by atoms with E-state index in [9.17, 15) is 0 Å². The summed E-state index contributed by atoms with van der Waals surface area (Å²) in [6.45, 7) is 5.55. The second kappa shape index (κ2) is 5.11. The van der Waals surface area contributed by atoms with E-state index in [1.165, 1.54) is 16.1 Å². The third-order valence-corrected chi connectivity index (χ3v) is 5.17. The molecule has 0 N–H and O–H groups in total. The van der Waals surface area contributed by atoms with Gasteiger partial charge in [-0.25, -0.2) is 4.98 Å². The van der Waals surface area contributed by atoms with E-state index in [0.29, 0.717) is 0 Å². The van der Waals surface area contributed by atoms with Crippen molar-refractivity contribution >= 4 is 27.3 Å². The normalized spacial score (nSPS) is 15.7. The number of fused-ring (bicyclic) bond motifs is 1. The van der Waals surface area contributed by atoms with Crippen LogP contribution in [0, 0.1) is 0 Å². The molecule has 4 heteroatoms. The summed E-state index contributed by atoms with van der Waals surface area (Å²) in [5.74, 6) is 0. The van der Waals surface area contributed by atoms with Crippen LogP contribution in [0.4, 0.5) is 0 Å². The summed E-state index contributed by atoms with van der Waals surface area (Å²) in [5, 5.41) is 1.14. The Bertz CT molecular complexity index is 565. The second-order valence-corrected chi connectivity index (χ2v) is 6.43. The Labute approximate surface area is 120 Å². The fraction of sp³-hybridized carbons (Fsp3) is 0.357. The van der Waals surface area contributed by atoms with Crippen LogP contribution in [-0.4, -0.2) is 23.0 Å². The van der Waals surface area contributed by atoms with Gasteiger partial charge in [-0.15, -0.1) is 11.3 Å². The lowest BCUT2D eigenvalue weighted by Crippen LogP contribution is -2.29. The zero-order chi connectivity index (χ0) is 12.5. The Morgan fingerprint density at radius 1 is 1.39 bits per heavy atom. The zero-order valence-corrected chi connectivity index (χ0v) is 12.7. The van der Waals surface area contributed by atoms with E-state index in [2.05, 4.69) is 46.0 Å². The summed E-state index contributed by atoms with van der Waals surface area (Å²) in [6, 6.07) is 8.32. The maximum Gasteiger partial charge on any atom is 0.125 e. The van der Waals surface area contributed by atoms with Gasteiger partial charge in [-0.2, -0.15) is 0 Å². The van der Waals surface area contributed by atoms with Gasteiger partial charge in [0.2, 0.25) is 0 Å². The first-order valence-electron chi connectivity index (χ1n) is 6.23. The summed E-state index contributed by atoms with van der Waals surface area (Å²) in [7, 11) is 0. The smallest absolute Gasteiger partial charge is 0.125 e. The maximum atomic E-state index is 4.81. The van der Waals surface area contributed by atoms with Crippen molar-refractivity contribution in [2.24, 2.45) is 0 Å². The molecule has 18 heavy (non-hydrogen) atoms. The quantitative estimate of drug-likeness (QED) is 0.832. The molecule has 2 aromatic rings. The molecule has 3 rings (SSSR count). The summed E-state index contributed by atoms with van der Waals surface area (Å²) in [5.41, 5.74) is 2.51. The lowest BCUT2D eigenvalue weighted by molar-refractivity contribution is 0.270. The van der Waals surface area contributed by atoms with Crippen molar-refractivity contribution in [3.8, 4) is 10.6 Å². The Morgan fingerprint density at radius 2 is 2.22 bits per heavy atom. The highest BCUT2D eigenvalue weighted by Gasteiger charge is 2.20. The Kier molecular flexibility index (Phi) is 3.50. The molecule has 0 fully saturated rings. The van der Waals surface area contributed by atoms with Crippen molar-refractivity contribution in [3.05, 3.63) is 39.3 Å². The maximum absolute atomic E-state index is 4.81. The molecule has 0 bridgehead atoms. The minimum absolute atomic E-state index is 1.06. The Balaban J connectivity index is 1.97. The van der Waals surface area contributed by atoms with Gasteiger partial charge in [0.05, 0.1) is 5.69 Å². The van der Waals surface area contributed by atoms with Crippen molar-refractivity contribution in [1.29, 1.82) is 0 Å². The second-order valence-electron chi connectivity index (χ2n) is 4.49. The first-order valence-corrected chi connectivity index (χ1v) is 7.84. The molecule has 2 heterocycles. The molecule has 0 aliphatic carbocycles. The number of hydrogen-bond acceptors (Lipinski definition) is 3. The predicted molar refractivity (Wildman–Crippen MR) is 79.9 cm³/mol. The third kappa shape index (κ3) is 2.25. The number of aromatic nitrogens is 1. The fourth-order valence-corrected chi connectivity index (χ4v) is 4.06. The molecule has 0 amide bonds. The average Bonchev–Trinajstić information content (AvgIpc) is 2.81. The SMILES string of the molecule is CCN1CCc2nc(-c3ccccc3Br)sc2C1. The average molecular weight is 323 g/mol. The highest BCUT2D eigenvalue weighted by molar-refractivity contribution is 9.10. The topological polar surface area (TPSA) is 16.1 Å². The van der Waals surface area contributed by atoms with Gasteiger partial charge >= 0.3 is 0 Å². The van der Waals surface area contributed by atoms with Gasteiger partial charge in [0, 0.05) is 34.4 Å².